The highest BCUT2D eigenvalue weighted by Crippen LogP contribution is 2.31. The molecule has 7 heteroatoms. The summed E-state index contributed by atoms with van der Waals surface area (Å²) in [5.74, 6) is -1.47. The molecular weight excluding hydrogens is 238 g/mol. The lowest BCUT2D eigenvalue weighted by molar-refractivity contribution is -0.140. The van der Waals surface area contributed by atoms with Gasteiger partial charge >= 0.3 is 6.18 Å². The van der Waals surface area contributed by atoms with Gasteiger partial charge in [0, 0.05) is 5.56 Å². The van der Waals surface area contributed by atoms with Gasteiger partial charge in [-0.1, -0.05) is 22.8 Å². The fourth-order valence-corrected chi connectivity index (χ4v) is 1.05. The number of halogens is 5. The third-order valence-corrected chi connectivity index (χ3v) is 1.89. The number of oxime groups is 1. The van der Waals surface area contributed by atoms with Gasteiger partial charge in [0.15, 0.2) is 5.17 Å². The van der Waals surface area contributed by atoms with Crippen LogP contribution in [0.25, 0.3) is 0 Å². The van der Waals surface area contributed by atoms with E-state index in [2.05, 4.69) is 5.16 Å². The summed E-state index contributed by atoms with van der Waals surface area (Å²) in [5, 5.41) is 10.3. The second-order valence-corrected chi connectivity index (χ2v) is 2.94. The minimum Gasteiger partial charge on any atom is -0.410 e. The zero-order valence-electron chi connectivity index (χ0n) is 7.02. The van der Waals surface area contributed by atoms with Crippen LogP contribution < -0.4 is 0 Å². The molecule has 0 bridgehead atoms. The van der Waals surface area contributed by atoms with Crippen LogP contribution in [-0.4, -0.2) is 10.4 Å². The standard InChI is InChI=1S/C8H4ClF4NO/c9-7(14-15)4-1-2-5(6(10)3-4)8(11,12)13/h1-3,15H/b14-7-. The molecular formula is C8H4ClF4NO. The van der Waals surface area contributed by atoms with Crippen molar-refractivity contribution in [2.45, 2.75) is 6.18 Å². The first kappa shape index (κ1) is 11.8. The molecule has 0 saturated carbocycles. The van der Waals surface area contributed by atoms with Crippen molar-refractivity contribution >= 4 is 16.8 Å². The van der Waals surface area contributed by atoms with Crippen molar-refractivity contribution in [1.82, 2.24) is 0 Å². The zero-order chi connectivity index (χ0) is 11.6. The monoisotopic (exact) mass is 241 g/mol. The highest BCUT2D eigenvalue weighted by atomic mass is 35.5. The summed E-state index contributed by atoms with van der Waals surface area (Å²) in [4.78, 5) is 0. The number of hydrogen-bond acceptors (Lipinski definition) is 2. The Bertz CT molecular complexity index is 402. The van der Waals surface area contributed by atoms with Crippen LogP contribution in [0.3, 0.4) is 0 Å². The number of hydrogen-bond donors (Lipinski definition) is 1. The van der Waals surface area contributed by atoms with Crippen molar-refractivity contribution in [2.24, 2.45) is 5.16 Å². The van der Waals surface area contributed by atoms with Crippen LogP contribution >= 0.6 is 11.6 Å². The molecule has 0 saturated heterocycles. The second-order valence-electron chi connectivity index (χ2n) is 2.58. The van der Waals surface area contributed by atoms with Crippen LogP contribution in [0.5, 0.6) is 0 Å². The summed E-state index contributed by atoms with van der Waals surface area (Å²) in [5.41, 5.74) is -1.53. The molecule has 2 nitrogen and oxygen atoms in total. The molecule has 0 spiro atoms. The summed E-state index contributed by atoms with van der Waals surface area (Å²) < 4.78 is 49.3. The van der Waals surface area contributed by atoms with E-state index in [4.69, 9.17) is 16.8 Å². The summed E-state index contributed by atoms with van der Waals surface area (Å²) >= 11 is 5.28. The fraction of sp³-hybridized carbons (Fsp3) is 0.125. The molecule has 0 radical (unpaired) electrons. The normalized spacial score (nSPS) is 13.0. The van der Waals surface area contributed by atoms with Gasteiger partial charge in [0.2, 0.25) is 0 Å². The Hall–Kier alpha value is -1.30. The molecule has 1 rings (SSSR count). The topological polar surface area (TPSA) is 32.6 Å². The van der Waals surface area contributed by atoms with Gasteiger partial charge in [-0.05, 0) is 12.1 Å². The van der Waals surface area contributed by atoms with Crippen molar-refractivity contribution in [3.05, 3.63) is 35.1 Å². The van der Waals surface area contributed by atoms with E-state index >= 15 is 0 Å². The second kappa shape index (κ2) is 4.06. The summed E-state index contributed by atoms with van der Waals surface area (Å²) in [7, 11) is 0. The molecule has 82 valence electrons. The van der Waals surface area contributed by atoms with Gasteiger partial charge in [-0.15, -0.1) is 0 Å². The Labute approximate surface area is 86.8 Å². The highest BCUT2D eigenvalue weighted by Gasteiger charge is 2.34. The molecule has 0 aliphatic rings. The molecule has 0 amide bonds. The van der Waals surface area contributed by atoms with Gasteiger partial charge in [-0.3, -0.25) is 0 Å². The van der Waals surface area contributed by atoms with E-state index in [9.17, 15) is 17.6 Å². The van der Waals surface area contributed by atoms with Gasteiger partial charge < -0.3 is 5.21 Å². The Kier molecular flexibility index (Phi) is 3.18. The first-order valence-electron chi connectivity index (χ1n) is 3.61. The number of alkyl halides is 3. The van der Waals surface area contributed by atoms with E-state index in [0.29, 0.717) is 12.1 Å². The summed E-state index contributed by atoms with van der Waals surface area (Å²) in [6.07, 6.45) is -4.76. The van der Waals surface area contributed by atoms with Crippen LogP contribution in [0.1, 0.15) is 11.1 Å². The molecule has 0 heterocycles. The van der Waals surface area contributed by atoms with Crippen molar-refractivity contribution < 1.29 is 22.8 Å². The quantitative estimate of drug-likeness (QED) is 0.348. The molecule has 15 heavy (non-hydrogen) atoms. The van der Waals surface area contributed by atoms with Crippen LogP contribution in [0.2, 0.25) is 0 Å². The van der Waals surface area contributed by atoms with Gasteiger partial charge in [0.1, 0.15) is 5.82 Å². The predicted octanol–water partition coefficient (Wildman–Crippen LogP) is 3.22. The van der Waals surface area contributed by atoms with Crippen LogP contribution in [0, 0.1) is 5.82 Å². The molecule has 0 unspecified atom stereocenters. The zero-order valence-corrected chi connectivity index (χ0v) is 7.77. The van der Waals surface area contributed by atoms with E-state index in [1.54, 1.807) is 0 Å². The Balaban J connectivity index is 3.21. The van der Waals surface area contributed by atoms with Crippen molar-refractivity contribution in [3.63, 3.8) is 0 Å². The van der Waals surface area contributed by atoms with Crippen LogP contribution in [0.15, 0.2) is 23.4 Å². The number of nitrogens with zero attached hydrogens (tertiary/aromatic N) is 1. The SMILES string of the molecule is O/N=C(\Cl)c1ccc(C(F)(F)F)c(F)c1. The minimum absolute atomic E-state index is 0.135. The predicted molar refractivity (Wildman–Crippen MR) is 45.6 cm³/mol. The lowest BCUT2D eigenvalue weighted by Crippen LogP contribution is -2.08. The van der Waals surface area contributed by atoms with E-state index in [1.807, 2.05) is 0 Å². The molecule has 0 aliphatic heterocycles. The maximum Gasteiger partial charge on any atom is 0.419 e. The van der Waals surface area contributed by atoms with E-state index in [1.165, 1.54) is 0 Å². The fourth-order valence-electron chi connectivity index (χ4n) is 0.931. The Morgan fingerprint density at radius 1 is 1.33 bits per heavy atom. The molecule has 1 aromatic rings. The highest BCUT2D eigenvalue weighted by molar-refractivity contribution is 6.69. The summed E-state index contributed by atoms with van der Waals surface area (Å²) in [6.45, 7) is 0. The van der Waals surface area contributed by atoms with Crippen molar-refractivity contribution in [2.75, 3.05) is 0 Å². The molecule has 1 aromatic carbocycles. The lowest BCUT2D eigenvalue weighted by Gasteiger charge is -2.08. The third-order valence-electron chi connectivity index (χ3n) is 1.60. The lowest BCUT2D eigenvalue weighted by atomic mass is 10.1. The Morgan fingerprint density at radius 2 is 1.93 bits per heavy atom. The van der Waals surface area contributed by atoms with Gasteiger partial charge in [0.25, 0.3) is 0 Å². The first-order chi connectivity index (χ1) is 6.86. The van der Waals surface area contributed by atoms with E-state index in [0.717, 1.165) is 6.07 Å². The molecule has 0 fully saturated rings. The number of benzene rings is 1. The van der Waals surface area contributed by atoms with Gasteiger partial charge in [0.05, 0.1) is 5.56 Å². The molecule has 0 aromatic heterocycles. The van der Waals surface area contributed by atoms with Crippen LogP contribution in [-0.2, 0) is 6.18 Å². The van der Waals surface area contributed by atoms with Gasteiger partial charge in [-0.25, -0.2) is 4.39 Å². The average Bonchev–Trinajstić information content (AvgIpc) is 2.14. The Morgan fingerprint density at radius 3 is 2.33 bits per heavy atom. The number of rotatable bonds is 1. The minimum atomic E-state index is -4.76. The maximum atomic E-state index is 12.9. The smallest absolute Gasteiger partial charge is 0.410 e. The molecule has 0 aliphatic carbocycles. The first-order valence-corrected chi connectivity index (χ1v) is 3.98. The third kappa shape index (κ3) is 2.59. The van der Waals surface area contributed by atoms with E-state index < -0.39 is 22.7 Å². The van der Waals surface area contributed by atoms with E-state index in [-0.39, 0.29) is 5.56 Å². The average molecular weight is 242 g/mol. The summed E-state index contributed by atoms with van der Waals surface area (Å²) in [6, 6.07) is 1.98. The van der Waals surface area contributed by atoms with Crippen molar-refractivity contribution in [1.29, 1.82) is 0 Å². The van der Waals surface area contributed by atoms with Crippen molar-refractivity contribution in [3.8, 4) is 0 Å². The molecule has 0 atom stereocenters. The largest absolute Gasteiger partial charge is 0.419 e. The molecule has 1 N–H and O–H groups in total. The van der Waals surface area contributed by atoms with Gasteiger partial charge in [-0.2, -0.15) is 13.2 Å². The van der Waals surface area contributed by atoms with Crippen LogP contribution in [0.4, 0.5) is 17.6 Å². The maximum absolute atomic E-state index is 12.9.